The molecule has 1 rings (SSSR count). The van der Waals surface area contributed by atoms with Gasteiger partial charge in [0, 0.05) is 0 Å². The lowest BCUT2D eigenvalue weighted by Crippen LogP contribution is -2.55. The molecule has 0 heterocycles. The van der Waals surface area contributed by atoms with Crippen molar-refractivity contribution in [3.05, 3.63) is 30.1 Å². The molecular weight excluding hydrogens is 351 g/mol. The Bertz CT molecular complexity index is 600. The second-order valence-corrected chi connectivity index (χ2v) is 6.02. The molecule has 25 heavy (non-hydrogen) atoms. The molecule has 5 N–H and O–H groups in total. The summed E-state index contributed by atoms with van der Waals surface area (Å²) in [6.07, 6.45) is 1.28. The van der Waals surface area contributed by atoms with Crippen molar-refractivity contribution in [1.29, 1.82) is 0 Å². The lowest BCUT2D eigenvalue weighted by molar-refractivity contribution is -0.133. The Morgan fingerprint density at radius 1 is 1.20 bits per heavy atom. The number of hydrogen-bond donors (Lipinski definition) is 4. The second-order valence-electron chi connectivity index (χ2n) is 5.04. The van der Waals surface area contributed by atoms with E-state index in [1.807, 2.05) is 6.26 Å². The molecule has 0 radical (unpaired) electrons. The van der Waals surface area contributed by atoms with Crippen LogP contribution in [0.15, 0.2) is 24.3 Å². The Hall–Kier alpha value is -2.49. The van der Waals surface area contributed by atoms with Crippen LogP contribution in [0.25, 0.3) is 0 Å². The highest BCUT2D eigenvalue weighted by Crippen LogP contribution is 2.12. The van der Waals surface area contributed by atoms with Gasteiger partial charge in [-0.15, -0.1) is 0 Å². The summed E-state index contributed by atoms with van der Waals surface area (Å²) in [7, 11) is 0. The standard InChI is InChI=1S/C15H21FN4O4S/c1-9(24-11-5-3-10(16)4-6-11)13(21)19-20-14(22)12(7-8-25-2)18-15(17)23/h3-6,9,12H,7-8H2,1-2H3,(H,19,21)(H,20,22)(H3,17,18,23)/t9-,12+/m1/s1. The molecule has 0 unspecified atom stereocenters. The fraction of sp³-hybridized carbons (Fsp3) is 0.400. The van der Waals surface area contributed by atoms with Crippen LogP contribution in [0.2, 0.25) is 0 Å². The monoisotopic (exact) mass is 372 g/mol. The number of ether oxygens (including phenoxy) is 1. The summed E-state index contributed by atoms with van der Waals surface area (Å²) in [5, 5.41) is 2.31. The number of urea groups is 1. The summed E-state index contributed by atoms with van der Waals surface area (Å²) in [6.45, 7) is 1.47. The number of carbonyl (C=O) groups is 3. The minimum atomic E-state index is -0.931. The highest BCUT2D eigenvalue weighted by atomic mass is 32.2. The minimum Gasteiger partial charge on any atom is -0.481 e. The molecule has 0 aliphatic heterocycles. The van der Waals surface area contributed by atoms with Crippen LogP contribution >= 0.6 is 11.8 Å². The van der Waals surface area contributed by atoms with Crippen molar-refractivity contribution in [2.45, 2.75) is 25.5 Å². The molecule has 0 aliphatic rings. The summed E-state index contributed by atoms with van der Waals surface area (Å²) in [4.78, 5) is 34.9. The van der Waals surface area contributed by atoms with Gasteiger partial charge in [0.1, 0.15) is 17.6 Å². The highest BCUT2D eigenvalue weighted by Gasteiger charge is 2.21. The van der Waals surface area contributed by atoms with Crippen molar-refractivity contribution in [2.24, 2.45) is 5.73 Å². The van der Waals surface area contributed by atoms with Crippen LogP contribution < -0.4 is 26.6 Å². The maximum atomic E-state index is 12.8. The number of carbonyl (C=O) groups excluding carboxylic acids is 3. The zero-order valence-corrected chi connectivity index (χ0v) is 14.7. The number of nitrogens with two attached hydrogens (primary N) is 1. The molecule has 138 valence electrons. The third kappa shape index (κ3) is 7.75. The van der Waals surface area contributed by atoms with Crippen molar-refractivity contribution in [3.8, 4) is 5.75 Å². The van der Waals surface area contributed by atoms with E-state index in [-0.39, 0.29) is 0 Å². The van der Waals surface area contributed by atoms with Gasteiger partial charge in [0.2, 0.25) is 0 Å². The van der Waals surface area contributed by atoms with Crippen molar-refractivity contribution in [3.63, 3.8) is 0 Å². The van der Waals surface area contributed by atoms with Crippen LogP contribution in [0.4, 0.5) is 9.18 Å². The molecule has 0 saturated heterocycles. The first-order valence-corrected chi connectivity index (χ1v) is 8.79. The highest BCUT2D eigenvalue weighted by molar-refractivity contribution is 7.98. The van der Waals surface area contributed by atoms with E-state index >= 15 is 0 Å². The van der Waals surface area contributed by atoms with Crippen LogP contribution in [-0.4, -0.2) is 42.0 Å². The van der Waals surface area contributed by atoms with E-state index in [2.05, 4.69) is 16.2 Å². The van der Waals surface area contributed by atoms with Gasteiger partial charge >= 0.3 is 6.03 Å². The Balaban J connectivity index is 2.50. The SMILES string of the molecule is CSCC[C@H](NC(N)=O)C(=O)NNC(=O)[C@@H](C)Oc1ccc(F)cc1. The number of hydrogen-bond acceptors (Lipinski definition) is 5. The second kappa shape index (κ2) is 10.4. The first kappa shape index (κ1) is 20.6. The zero-order valence-electron chi connectivity index (χ0n) is 13.9. The third-order valence-corrected chi connectivity index (χ3v) is 3.69. The van der Waals surface area contributed by atoms with Crippen LogP contribution in [0.3, 0.4) is 0 Å². The number of rotatable bonds is 8. The lowest BCUT2D eigenvalue weighted by atomic mass is 10.2. The lowest BCUT2D eigenvalue weighted by Gasteiger charge is -2.19. The van der Waals surface area contributed by atoms with E-state index in [1.165, 1.54) is 43.0 Å². The Morgan fingerprint density at radius 2 is 1.80 bits per heavy atom. The van der Waals surface area contributed by atoms with Crippen molar-refractivity contribution in [2.75, 3.05) is 12.0 Å². The molecule has 1 aromatic carbocycles. The molecule has 4 amide bonds. The number of thioether (sulfide) groups is 1. The average Bonchev–Trinajstić information content (AvgIpc) is 2.57. The van der Waals surface area contributed by atoms with Crippen molar-refractivity contribution < 1.29 is 23.5 Å². The Kier molecular flexibility index (Phi) is 8.54. The maximum absolute atomic E-state index is 12.8. The van der Waals surface area contributed by atoms with Gasteiger partial charge in [-0.3, -0.25) is 20.4 Å². The molecule has 0 fully saturated rings. The van der Waals surface area contributed by atoms with Gasteiger partial charge in [0.15, 0.2) is 6.10 Å². The molecule has 10 heteroatoms. The number of halogens is 1. The Morgan fingerprint density at radius 3 is 2.36 bits per heavy atom. The fourth-order valence-electron chi connectivity index (χ4n) is 1.76. The van der Waals surface area contributed by atoms with Gasteiger partial charge in [-0.05, 0) is 49.6 Å². The number of hydrazine groups is 1. The summed E-state index contributed by atoms with van der Waals surface area (Å²) in [5.41, 5.74) is 9.45. The van der Waals surface area contributed by atoms with Gasteiger partial charge < -0.3 is 15.8 Å². The van der Waals surface area contributed by atoms with Gasteiger partial charge in [-0.25, -0.2) is 9.18 Å². The van der Waals surface area contributed by atoms with Gasteiger partial charge in [0.25, 0.3) is 11.8 Å². The smallest absolute Gasteiger partial charge is 0.312 e. The van der Waals surface area contributed by atoms with Gasteiger partial charge in [-0.2, -0.15) is 11.8 Å². The van der Waals surface area contributed by atoms with Crippen LogP contribution in [0.1, 0.15) is 13.3 Å². The topological polar surface area (TPSA) is 123 Å². The molecule has 0 saturated carbocycles. The summed E-state index contributed by atoms with van der Waals surface area (Å²) >= 11 is 1.50. The fourth-order valence-corrected chi connectivity index (χ4v) is 2.23. The minimum absolute atomic E-state index is 0.309. The number of benzene rings is 1. The van der Waals surface area contributed by atoms with Crippen LogP contribution in [-0.2, 0) is 9.59 Å². The predicted molar refractivity (Wildman–Crippen MR) is 92.3 cm³/mol. The quantitative estimate of drug-likeness (QED) is 0.496. The molecule has 2 atom stereocenters. The molecule has 0 spiro atoms. The van der Waals surface area contributed by atoms with Gasteiger partial charge in [0.05, 0.1) is 0 Å². The summed E-state index contributed by atoms with van der Waals surface area (Å²) < 4.78 is 18.2. The summed E-state index contributed by atoms with van der Waals surface area (Å²) in [5.74, 6) is -0.703. The van der Waals surface area contributed by atoms with Crippen LogP contribution in [0.5, 0.6) is 5.75 Å². The number of primary amides is 1. The van der Waals surface area contributed by atoms with E-state index in [0.29, 0.717) is 17.9 Å². The normalized spacial score (nSPS) is 12.6. The molecule has 0 bridgehead atoms. The van der Waals surface area contributed by atoms with E-state index in [4.69, 9.17) is 10.5 Å². The first-order valence-electron chi connectivity index (χ1n) is 7.40. The zero-order chi connectivity index (χ0) is 18.8. The van der Waals surface area contributed by atoms with Crippen molar-refractivity contribution in [1.82, 2.24) is 16.2 Å². The third-order valence-electron chi connectivity index (χ3n) is 3.05. The maximum Gasteiger partial charge on any atom is 0.312 e. The molecule has 0 aliphatic carbocycles. The Labute approximate surface area is 149 Å². The number of amides is 4. The van der Waals surface area contributed by atoms with Crippen molar-refractivity contribution >= 4 is 29.6 Å². The van der Waals surface area contributed by atoms with E-state index in [0.717, 1.165) is 0 Å². The average molecular weight is 372 g/mol. The van der Waals surface area contributed by atoms with E-state index < -0.39 is 35.8 Å². The summed E-state index contributed by atoms with van der Waals surface area (Å²) in [6, 6.07) is 3.47. The molecule has 0 aromatic heterocycles. The van der Waals surface area contributed by atoms with Gasteiger partial charge in [-0.1, -0.05) is 0 Å². The molecule has 1 aromatic rings. The predicted octanol–water partition coefficient (Wildman–Crippen LogP) is 0.530. The largest absolute Gasteiger partial charge is 0.481 e. The number of nitrogens with one attached hydrogen (secondary N) is 3. The molecular formula is C15H21FN4O4S. The van der Waals surface area contributed by atoms with E-state index in [1.54, 1.807) is 0 Å². The van der Waals surface area contributed by atoms with E-state index in [9.17, 15) is 18.8 Å². The molecule has 8 nitrogen and oxygen atoms in total. The first-order chi connectivity index (χ1) is 11.8. The van der Waals surface area contributed by atoms with Crippen LogP contribution in [0, 0.1) is 5.82 Å².